The highest BCUT2D eigenvalue weighted by Gasteiger charge is 2.51. The van der Waals surface area contributed by atoms with E-state index in [0.29, 0.717) is 28.9 Å². The van der Waals surface area contributed by atoms with Crippen molar-refractivity contribution < 1.29 is 23.2 Å². The minimum atomic E-state index is -2.29. The van der Waals surface area contributed by atoms with Gasteiger partial charge in [0, 0.05) is 17.0 Å². The Hall–Kier alpha value is -2.83. The van der Waals surface area contributed by atoms with Crippen molar-refractivity contribution in [1.29, 1.82) is 0 Å². The van der Waals surface area contributed by atoms with E-state index in [1.165, 1.54) is 6.33 Å². The van der Waals surface area contributed by atoms with Crippen molar-refractivity contribution in [3.05, 3.63) is 84.4 Å². The number of hydrogen-bond donors (Lipinski definition) is 0. The Morgan fingerprint density at radius 2 is 1.39 bits per heavy atom. The van der Waals surface area contributed by atoms with Crippen LogP contribution in [0.5, 0.6) is 0 Å². The Morgan fingerprint density at radius 3 is 1.90 bits per heavy atom. The lowest BCUT2D eigenvalue weighted by Crippen LogP contribution is -2.48. The Balaban J connectivity index is 1.62. The monoisotopic (exact) mass is 841 g/mol. The number of imide groups is 1. The predicted molar refractivity (Wildman–Crippen MR) is 215 cm³/mol. The van der Waals surface area contributed by atoms with E-state index in [9.17, 15) is 9.59 Å². The molecule has 1 aliphatic rings. The van der Waals surface area contributed by atoms with E-state index in [1.54, 1.807) is 54.9 Å². The molecule has 1 saturated heterocycles. The van der Waals surface area contributed by atoms with E-state index in [0.717, 1.165) is 15.7 Å². The highest BCUT2D eigenvalue weighted by Crippen LogP contribution is 2.46. The van der Waals surface area contributed by atoms with Crippen LogP contribution in [0.3, 0.4) is 0 Å². The molecular weight excluding hydrogens is 790 g/mol. The molecule has 0 N–H and O–H groups in total. The van der Waals surface area contributed by atoms with Gasteiger partial charge in [-0.05, 0) is 71.4 Å². The molecule has 4 atom stereocenters. The number of carbonyl (C=O) groups excluding carboxylic acids is 2. The van der Waals surface area contributed by atoms with E-state index >= 15 is 0 Å². The van der Waals surface area contributed by atoms with Crippen LogP contribution in [0.4, 0.5) is 5.82 Å². The Morgan fingerprint density at radius 1 is 0.843 bits per heavy atom. The molecule has 1 aliphatic heterocycles. The van der Waals surface area contributed by atoms with Crippen molar-refractivity contribution >= 4 is 68.0 Å². The standard InChI is InChI=1S/C38H52IN5O5Si2/c1-37(2,3)50(7,8)47-23-29-28(21-22-39)31(49-51(9,10)38(4,5)6)36(48-29)43-25-42-30-32(43)40-24-41-33(30)44(34(45)26-17-13-11-14-18-26)35(46)27-19-15-12-16-20-27/h11-20,24-25,28-29,31,36H,21-23H2,1-10H3/t28-,29+,31+,36+/m0/s1. The maximum atomic E-state index is 14.1. The molecule has 0 saturated carbocycles. The SMILES string of the molecule is CC(C)(C)[Si](C)(C)OC[C@H]1O[C@@H](n2cnc3c(N(C(=O)c4ccccc4)C(=O)c4ccccc4)ncnc32)[C@H](O[Si](C)(C)C(C)(C)C)[C@H]1CCI. The molecule has 0 radical (unpaired) electrons. The average molecular weight is 842 g/mol. The van der Waals surface area contributed by atoms with Crippen LogP contribution < -0.4 is 4.90 Å². The molecule has 0 unspecified atom stereocenters. The third-order valence-corrected chi connectivity index (χ3v) is 20.5. The summed E-state index contributed by atoms with van der Waals surface area (Å²) in [6.07, 6.45) is 2.83. The molecule has 51 heavy (non-hydrogen) atoms. The second kappa shape index (κ2) is 15.3. The summed E-state index contributed by atoms with van der Waals surface area (Å²) in [7, 11) is -4.37. The number of aromatic nitrogens is 4. The van der Waals surface area contributed by atoms with Crippen molar-refractivity contribution in [3.8, 4) is 0 Å². The summed E-state index contributed by atoms with van der Waals surface area (Å²) in [6.45, 7) is 23.0. The van der Waals surface area contributed by atoms with E-state index in [-0.39, 0.29) is 34.0 Å². The van der Waals surface area contributed by atoms with Crippen LogP contribution in [-0.4, -0.2) is 71.2 Å². The first-order chi connectivity index (χ1) is 23.9. The third kappa shape index (κ3) is 8.23. The molecule has 2 aromatic carbocycles. The molecule has 5 rings (SSSR count). The summed E-state index contributed by atoms with van der Waals surface area (Å²) in [5.41, 5.74) is 1.45. The number of benzene rings is 2. The molecule has 4 aromatic rings. The van der Waals surface area contributed by atoms with Gasteiger partial charge in [0.1, 0.15) is 6.33 Å². The van der Waals surface area contributed by atoms with Crippen LogP contribution in [0.2, 0.25) is 36.3 Å². The van der Waals surface area contributed by atoms with Crippen molar-refractivity contribution in [2.75, 3.05) is 15.9 Å². The summed E-state index contributed by atoms with van der Waals surface area (Å²) in [4.78, 5) is 43.3. The number of nitrogens with zero attached hydrogens (tertiary/aromatic N) is 5. The summed E-state index contributed by atoms with van der Waals surface area (Å²) < 4.78 is 23.9. The highest BCUT2D eigenvalue weighted by atomic mass is 127. The molecule has 0 spiro atoms. The van der Waals surface area contributed by atoms with E-state index in [1.807, 2.05) is 16.7 Å². The van der Waals surface area contributed by atoms with Gasteiger partial charge < -0.3 is 13.6 Å². The zero-order valence-electron chi connectivity index (χ0n) is 31.5. The van der Waals surface area contributed by atoms with E-state index in [4.69, 9.17) is 18.6 Å². The normalized spacial score (nSPS) is 20.1. The van der Waals surface area contributed by atoms with Gasteiger partial charge in [0.15, 0.2) is 39.8 Å². The van der Waals surface area contributed by atoms with Gasteiger partial charge in [0.05, 0.1) is 25.1 Å². The summed E-state index contributed by atoms with van der Waals surface area (Å²) in [5.74, 6) is -0.872. The summed E-state index contributed by atoms with van der Waals surface area (Å²) >= 11 is 2.43. The third-order valence-electron chi connectivity index (χ3n) is 10.9. The maximum Gasteiger partial charge on any atom is 0.266 e. The number of rotatable bonds is 11. The number of imidazole rings is 1. The van der Waals surface area contributed by atoms with Crippen LogP contribution in [-0.2, 0) is 13.6 Å². The van der Waals surface area contributed by atoms with Crippen LogP contribution in [0.1, 0.15) is 74.9 Å². The molecule has 1 fully saturated rings. The predicted octanol–water partition coefficient (Wildman–Crippen LogP) is 9.06. The van der Waals surface area contributed by atoms with Crippen LogP contribution in [0, 0.1) is 5.92 Å². The fraction of sp³-hybridized carbons (Fsp3) is 0.500. The average Bonchev–Trinajstić information content (AvgIpc) is 3.65. The van der Waals surface area contributed by atoms with Crippen LogP contribution in [0.15, 0.2) is 73.3 Å². The number of anilines is 1. The van der Waals surface area contributed by atoms with Gasteiger partial charge in [-0.25, -0.2) is 19.9 Å². The smallest absolute Gasteiger partial charge is 0.266 e. The first kappa shape index (κ1) is 39.4. The zero-order valence-corrected chi connectivity index (χ0v) is 35.7. The van der Waals surface area contributed by atoms with Crippen molar-refractivity contribution in [3.63, 3.8) is 0 Å². The number of ether oxygens (including phenoxy) is 1. The number of hydrogen-bond acceptors (Lipinski definition) is 8. The van der Waals surface area contributed by atoms with Crippen LogP contribution >= 0.6 is 22.6 Å². The van der Waals surface area contributed by atoms with Crippen molar-refractivity contribution in [2.45, 2.75) is 103 Å². The van der Waals surface area contributed by atoms with Gasteiger partial charge in [-0.15, -0.1) is 0 Å². The van der Waals surface area contributed by atoms with E-state index < -0.39 is 34.7 Å². The second-order valence-corrected chi connectivity index (χ2v) is 27.0. The van der Waals surface area contributed by atoms with Gasteiger partial charge in [-0.3, -0.25) is 14.2 Å². The molecule has 2 amide bonds. The van der Waals surface area contributed by atoms with Gasteiger partial charge in [-0.1, -0.05) is 101 Å². The molecule has 0 aliphatic carbocycles. The minimum absolute atomic E-state index is 0.0371. The minimum Gasteiger partial charge on any atom is -0.414 e. The second-order valence-electron chi connectivity index (χ2n) is 16.3. The van der Waals surface area contributed by atoms with Gasteiger partial charge in [0.25, 0.3) is 11.8 Å². The fourth-order valence-electron chi connectivity index (χ4n) is 5.71. The first-order valence-corrected chi connectivity index (χ1v) is 24.9. The number of alkyl halides is 1. The summed E-state index contributed by atoms with van der Waals surface area (Å²) in [6, 6.07) is 17.4. The first-order valence-electron chi connectivity index (χ1n) is 17.6. The number of halogens is 1. The Kier molecular flexibility index (Phi) is 11.8. The van der Waals surface area contributed by atoms with Gasteiger partial charge in [-0.2, -0.15) is 0 Å². The number of amides is 2. The topological polar surface area (TPSA) is 109 Å². The lowest BCUT2D eigenvalue weighted by molar-refractivity contribution is -0.0451. The zero-order chi connectivity index (χ0) is 37.4. The maximum absolute atomic E-state index is 14.1. The lowest BCUT2D eigenvalue weighted by atomic mass is 9.95. The Bertz CT molecular complexity index is 1770. The lowest BCUT2D eigenvalue weighted by Gasteiger charge is -2.41. The van der Waals surface area contributed by atoms with Gasteiger partial charge in [0.2, 0.25) is 0 Å². The quantitative estimate of drug-likeness (QED) is 0.0638. The van der Waals surface area contributed by atoms with Crippen molar-refractivity contribution in [1.82, 2.24) is 19.5 Å². The molecule has 0 bridgehead atoms. The fourth-order valence-corrected chi connectivity index (χ4v) is 8.76. The molecular formula is C38H52IN5O5Si2. The molecule has 13 heteroatoms. The van der Waals surface area contributed by atoms with Crippen molar-refractivity contribution in [2.24, 2.45) is 5.92 Å². The molecule has 3 heterocycles. The number of carbonyl (C=O) groups is 2. The molecule has 2 aromatic heterocycles. The highest BCUT2D eigenvalue weighted by molar-refractivity contribution is 14.1. The molecule has 10 nitrogen and oxygen atoms in total. The van der Waals surface area contributed by atoms with E-state index in [2.05, 4.69) is 100 Å². The Labute approximate surface area is 318 Å². The number of fused-ring (bicyclic) bond motifs is 1. The largest absolute Gasteiger partial charge is 0.414 e. The molecule has 274 valence electrons. The van der Waals surface area contributed by atoms with Crippen LogP contribution in [0.25, 0.3) is 11.2 Å². The summed E-state index contributed by atoms with van der Waals surface area (Å²) in [5, 5.41) is 0.0134. The van der Waals surface area contributed by atoms with Gasteiger partial charge >= 0.3 is 0 Å².